The van der Waals surface area contributed by atoms with Gasteiger partial charge in [-0.3, -0.25) is 0 Å². The summed E-state index contributed by atoms with van der Waals surface area (Å²) in [4.78, 5) is 0. The Bertz CT molecular complexity index is 445. The molecule has 0 saturated heterocycles. The molecule has 72 valence electrons. The maximum atomic E-state index is 13.4. The highest BCUT2D eigenvalue weighted by Gasteiger charge is 2.09. The molecule has 0 radical (unpaired) electrons. The van der Waals surface area contributed by atoms with Crippen LogP contribution in [0.2, 0.25) is 5.02 Å². The molecule has 0 bridgehead atoms. The zero-order chi connectivity index (χ0) is 10.1. The van der Waals surface area contributed by atoms with Gasteiger partial charge in [-0.05, 0) is 24.6 Å². The summed E-state index contributed by atoms with van der Waals surface area (Å²) in [5.74, 6) is -0.374. The quantitative estimate of drug-likeness (QED) is 0.708. The smallest absolute Gasteiger partial charge is 0.150 e. The summed E-state index contributed by atoms with van der Waals surface area (Å²) >= 11 is 5.87. The van der Waals surface area contributed by atoms with Crippen molar-refractivity contribution in [3.05, 3.63) is 47.0 Å². The third-order valence-electron chi connectivity index (χ3n) is 1.88. The molecule has 1 heterocycles. The second kappa shape index (κ2) is 3.42. The molecular weight excluding hydrogens is 203 g/mol. The summed E-state index contributed by atoms with van der Waals surface area (Å²) < 4.78 is 14.8. The number of nitrogens with zero attached hydrogens (tertiary/aromatic N) is 2. The van der Waals surface area contributed by atoms with E-state index in [1.807, 2.05) is 6.92 Å². The van der Waals surface area contributed by atoms with E-state index in [1.165, 1.54) is 10.7 Å². The second-order valence-corrected chi connectivity index (χ2v) is 3.44. The fourth-order valence-corrected chi connectivity index (χ4v) is 1.49. The Morgan fingerprint density at radius 1 is 1.43 bits per heavy atom. The Hall–Kier alpha value is -1.35. The average Bonchev–Trinajstić information content (AvgIpc) is 2.51. The molecule has 0 atom stereocenters. The molecule has 1 aromatic heterocycles. The number of rotatable bonds is 1. The van der Waals surface area contributed by atoms with Crippen molar-refractivity contribution in [1.82, 2.24) is 9.78 Å². The van der Waals surface area contributed by atoms with E-state index in [4.69, 9.17) is 11.6 Å². The first-order chi connectivity index (χ1) is 6.68. The predicted octanol–water partition coefficient (Wildman–Crippen LogP) is 2.97. The normalized spacial score (nSPS) is 10.5. The first-order valence-electron chi connectivity index (χ1n) is 4.14. The Morgan fingerprint density at radius 2 is 2.21 bits per heavy atom. The van der Waals surface area contributed by atoms with Gasteiger partial charge in [-0.1, -0.05) is 17.7 Å². The van der Waals surface area contributed by atoms with Crippen molar-refractivity contribution < 1.29 is 4.39 Å². The summed E-state index contributed by atoms with van der Waals surface area (Å²) in [6, 6.07) is 4.56. The molecular formula is C10H8ClFN2. The lowest BCUT2D eigenvalue weighted by Crippen LogP contribution is -1.98. The average molecular weight is 211 g/mol. The van der Waals surface area contributed by atoms with E-state index in [0.29, 0.717) is 10.7 Å². The van der Waals surface area contributed by atoms with E-state index in [2.05, 4.69) is 5.10 Å². The molecule has 0 saturated carbocycles. The summed E-state index contributed by atoms with van der Waals surface area (Å²) in [7, 11) is 0. The number of para-hydroxylation sites is 1. The molecule has 0 aliphatic heterocycles. The van der Waals surface area contributed by atoms with Crippen LogP contribution in [0.5, 0.6) is 0 Å². The van der Waals surface area contributed by atoms with Crippen molar-refractivity contribution in [2.24, 2.45) is 0 Å². The highest BCUT2D eigenvalue weighted by atomic mass is 35.5. The first kappa shape index (κ1) is 9.21. The zero-order valence-corrected chi connectivity index (χ0v) is 8.29. The van der Waals surface area contributed by atoms with Gasteiger partial charge in [0.2, 0.25) is 0 Å². The SMILES string of the molecule is Cc1cnn(-c2c(F)cccc2Cl)c1. The van der Waals surface area contributed by atoms with Crippen LogP contribution >= 0.6 is 11.6 Å². The van der Waals surface area contributed by atoms with Crippen molar-refractivity contribution in [3.8, 4) is 5.69 Å². The van der Waals surface area contributed by atoms with E-state index in [0.717, 1.165) is 5.56 Å². The number of hydrogen-bond donors (Lipinski definition) is 0. The first-order valence-corrected chi connectivity index (χ1v) is 4.52. The number of halogens is 2. The number of aromatic nitrogens is 2. The molecule has 14 heavy (non-hydrogen) atoms. The maximum Gasteiger partial charge on any atom is 0.150 e. The largest absolute Gasteiger partial charge is 0.236 e. The minimum Gasteiger partial charge on any atom is -0.236 e. The van der Waals surface area contributed by atoms with Crippen molar-refractivity contribution in [2.75, 3.05) is 0 Å². The Balaban J connectivity index is 2.61. The van der Waals surface area contributed by atoms with Gasteiger partial charge in [-0.25, -0.2) is 9.07 Å². The topological polar surface area (TPSA) is 17.8 Å². The van der Waals surface area contributed by atoms with Crippen LogP contribution in [0.25, 0.3) is 5.69 Å². The Morgan fingerprint density at radius 3 is 2.79 bits per heavy atom. The van der Waals surface area contributed by atoms with Crippen LogP contribution in [-0.2, 0) is 0 Å². The van der Waals surface area contributed by atoms with Crippen LogP contribution in [0.15, 0.2) is 30.6 Å². The van der Waals surface area contributed by atoms with Gasteiger partial charge in [0.15, 0.2) is 0 Å². The van der Waals surface area contributed by atoms with Gasteiger partial charge < -0.3 is 0 Å². The third kappa shape index (κ3) is 1.51. The van der Waals surface area contributed by atoms with Crippen molar-refractivity contribution in [2.45, 2.75) is 6.92 Å². The van der Waals surface area contributed by atoms with Gasteiger partial charge >= 0.3 is 0 Å². The lowest BCUT2D eigenvalue weighted by molar-refractivity contribution is 0.611. The summed E-state index contributed by atoms with van der Waals surface area (Å²) in [6.07, 6.45) is 3.38. The molecule has 1 aromatic carbocycles. The van der Waals surface area contributed by atoms with Gasteiger partial charge in [-0.15, -0.1) is 0 Å². The molecule has 0 fully saturated rings. The molecule has 0 spiro atoms. The van der Waals surface area contributed by atoms with Crippen molar-refractivity contribution >= 4 is 11.6 Å². The van der Waals surface area contributed by atoms with Crippen LogP contribution in [0, 0.1) is 12.7 Å². The van der Waals surface area contributed by atoms with Crippen molar-refractivity contribution in [1.29, 1.82) is 0 Å². The highest BCUT2D eigenvalue weighted by molar-refractivity contribution is 6.32. The van der Waals surface area contributed by atoms with E-state index in [1.54, 1.807) is 24.5 Å². The summed E-state index contributed by atoms with van der Waals surface area (Å²) in [5.41, 5.74) is 1.26. The number of aryl methyl sites for hydroxylation is 1. The summed E-state index contributed by atoms with van der Waals surface area (Å²) in [5, 5.41) is 4.35. The van der Waals surface area contributed by atoms with Crippen LogP contribution < -0.4 is 0 Å². The van der Waals surface area contributed by atoms with E-state index in [9.17, 15) is 4.39 Å². The monoisotopic (exact) mass is 210 g/mol. The molecule has 0 aliphatic rings. The maximum absolute atomic E-state index is 13.4. The molecule has 4 heteroatoms. The molecule has 0 N–H and O–H groups in total. The van der Waals surface area contributed by atoms with Gasteiger partial charge in [-0.2, -0.15) is 5.10 Å². The predicted molar refractivity (Wildman–Crippen MR) is 53.3 cm³/mol. The van der Waals surface area contributed by atoms with Gasteiger partial charge in [0, 0.05) is 6.20 Å². The second-order valence-electron chi connectivity index (χ2n) is 3.03. The van der Waals surface area contributed by atoms with E-state index >= 15 is 0 Å². The van der Waals surface area contributed by atoms with E-state index in [-0.39, 0.29) is 5.82 Å². The standard InChI is InChI=1S/C10H8ClFN2/c1-7-5-13-14(6-7)10-8(11)3-2-4-9(10)12/h2-6H,1H3. The lowest BCUT2D eigenvalue weighted by Gasteiger charge is -2.04. The Kier molecular flexibility index (Phi) is 2.25. The third-order valence-corrected chi connectivity index (χ3v) is 2.18. The molecule has 0 unspecified atom stereocenters. The molecule has 2 rings (SSSR count). The van der Waals surface area contributed by atoms with Crippen LogP contribution in [-0.4, -0.2) is 9.78 Å². The fraction of sp³-hybridized carbons (Fsp3) is 0.100. The Labute approximate surface area is 85.9 Å². The van der Waals surface area contributed by atoms with E-state index < -0.39 is 0 Å². The highest BCUT2D eigenvalue weighted by Crippen LogP contribution is 2.22. The lowest BCUT2D eigenvalue weighted by atomic mass is 10.3. The fourth-order valence-electron chi connectivity index (χ4n) is 1.24. The number of benzene rings is 1. The molecule has 0 amide bonds. The number of hydrogen-bond acceptors (Lipinski definition) is 1. The van der Waals surface area contributed by atoms with Crippen molar-refractivity contribution in [3.63, 3.8) is 0 Å². The molecule has 0 aliphatic carbocycles. The van der Waals surface area contributed by atoms with Crippen LogP contribution in [0.1, 0.15) is 5.56 Å². The zero-order valence-electron chi connectivity index (χ0n) is 7.54. The van der Waals surface area contributed by atoms with Crippen LogP contribution in [0.3, 0.4) is 0 Å². The minimum atomic E-state index is -0.374. The van der Waals surface area contributed by atoms with Crippen LogP contribution in [0.4, 0.5) is 4.39 Å². The molecule has 2 nitrogen and oxygen atoms in total. The van der Waals surface area contributed by atoms with Gasteiger partial charge in [0.25, 0.3) is 0 Å². The molecule has 2 aromatic rings. The van der Waals surface area contributed by atoms with Gasteiger partial charge in [0.1, 0.15) is 11.5 Å². The van der Waals surface area contributed by atoms with Gasteiger partial charge in [0.05, 0.1) is 11.2 Å². The minimum absolute atomic E-state index is 0.294. The summed E-state index contributed by atoms with van der Waals surface area (Å²) in [6.45, 7) is 1.89.